The summed E-state index contributed by atoms with van der Waals surface area (Å²) in [5.41, 5.74) is 1.60. The molecule has 1 amide bonds. The molecule has 172 valence electrons. The van der Waals surface area contributed by atoms with Crippen LogP contribution in [0.15, 0.2) is 42.7 Å². The Hall–Kier alpha value is -3.21. The van der Waals surface area contributed by atoms with Gasteiger partial charge in [0.05, 0.1) is 12.4 Å². The third-order valence-corrected chi connectivity index (χ3v) is 5.35. The molecule has 32 heavy (non-hydrogen) atoms. The zero-order valence-electron chi connectivity index (χ0n) is 17.2. The van der Waals surface area contributed by atoms with E-state index >= 15 is 0 Å². The highest BCUT2D eigenvalue weighted by atomic mass is 19.4. The van der Waals surface area contributed by atoms with E-state index in [4.69, 9.17) is 9.90 Å². The van der Waals surface area contributed by atoms with E-state index in [1.807, 2.05) is 18.2 Å². The first kappa shape index (κ1) is 23.5. The van der Waals surface area contributed by atoms with Gasteiger partial charge >= 0.3 is 12.1 Å². The molecule has 0 saturated carbocycles. The van der Waals surface area contributed by atoms with Gasteiger partial charge in [-0.25, -0.2) is 9.78 Å². The van der Waals surface area contributed by atoms with Crippen molar-refractivity contribution >= 4 is 17.7 Å². The van der Waals surface area contributed by atoms with Crippen LogP contribution in [0.5, 0.6) is 0 Å². The minimum absolute atomic E-state index is 0.161. The molecule has 0 aliphatic carbocycles. The molecule has 2 fully saturated rings. The molecule has 0 radical (unpaired) electrons. The number of nitrogens with one attached hydrogen (secondary N) is 2. The maximum atomic E-state index is 12.4. The number of rotatable bonds is 5. The molecule has 0 bridgehead atoms. The maximum Gasteiger partial charge on any atom is 0.490 e. The van der Waals surface area contributed by atoms with Gasteiger partial charge in [-0.2, -0.15) is 13.2 Å². The molecule has 3 N–H and O–H groups in total. The lowest BCUT2D eigenvalue weighted by Gasteiger charge is -2.18. The average molecular weight is 451 g/mol. The summed E-state index contributed by atoms with van der Waals surface area (Å²) in [5.74, 6) is -0.737. The van der Waals surface area contributed by atoms with E-state index in [9.17, 15) is 18.0 Å². The Kier molecular flexibility index (Phi) is 7.62. The van der Waals surface area contributed by atoms with Crippen LogP contribution in [-0.2, 0) is 11.2 Å². The summed E-state index contributed by atoms with van der Waals surface area (Å²) in [6, 6.07) is 10.1. The number of aliphatic carboxylic acids is 1. The third-order valence-electron chi connectivity index (χ3n) is 5.35. The largest absolute Gasteiger partial charge is 0.490 e. The summed E-state index contributed by atoms with van der Waals surface area (Å²) in [5, 5.41) is 13.5. The third kappa shape index (κ3) is 6.39. The van der Waals surface area contributed by atoms with Crippen molar-refractivity contribution in [2.45, 2.75) is 12.6 Å². The molecule has 2 aromatic rings. The second kappa shape index (κ2) is 10.4. The SMILES string of the molecule is O=C(NCCc1ccccc1)c1cncc(N2C[C@H]3CNC[C@H]3C2)n1.O=C(O)C(F)(F)F. The smallest absolute Gasteiger partial charge is 0.475 e. The van der Waals surface area contributed by atoms with Crippen molar-refractivity contribution in [3.05, 3.63) is 54.0 Å². The molecule has 1 aromatic carbocycles. The minimum atomic E-state index is -5.08. The number of benzene rings is 1. The van der Waals surface area contributed by atoms with Gasteiger partial charge in [-0.15, -0.1) is 0 Å². The van der Waals surface area contributed by atoms with Crippen molar-refractivity contribution < 1.29 is 27.9 Å². The second-order valence-electron chi connectivity index (χ2n) is 7.64. The Bertz CT molecular complexity index is 914. The Labute approximate surface area is 182 Å². The van der Waals surface area contributed by atoms with Crippen molar-refractivity contribution in [3.63, 3.8) is 0 Å². The molecule has 1 aromatic heterocycles. The van der Waals surface area contributed by atoms with Crippen molar-refractivity contribution in [2.75, 3.05) is 37.6 Å². The summed E-state index contributed by atoms with van der Waals surface area (Å²) in [6.07, 6.45) is -0.975. The van der Waals surface area contributed by atoms with Gasteiger partial charge in [-0.1, -0.05) is 30.3 Å². The van der Waals surface area contributed by atoms with Crippen LogP contribution in [0, 0.1) is 11.8 Å². The lowest BCUT2D eigenvalue weighted by molar-refractivity contribution is -0.192. The van der Waals surface area contributed by atoms with E-state index < -0.39 is 12.1 Å². The zero-order chi connectivity index (χ0) is 23.1. The standard InChI is InChI=1S/C19H23N5O.C2HF3O2/c25-19(22-7-6-14-4-2-1-3-5-14)17-10-21-11-18(23-17)24-12-15-8-20-9-16(15)13-24;3-2(4,5)1(6)7/h1-5,10-11,15-16,20H,6-9,12-13H2,(H,22,25);(H,6,7)/t15-,16+;. The quantitative estimate of drug-likeness (QED) is 0.636. The summed E-state index contributed by atoms with van der Waals surface area (Å²) >= 11 is 0. The molecule has 4 rings (SSSR count). The minimum Gasteiger partial charge on any atom is -0.475 e. The predicted octanol–water partition coefficient (Wildman–Crippen LogP) is 1.74. The molecule has 0 unspecified atom stereocenters. The molecular formula is C21H24F3N5O3. The molecular weight excluding hydrogens is 427 g/mol. The van der Waals surface area contributed by atoms with Crippen LogP contribution in [0.1, 0.15) is 16.1 Å². The van der Waals surface area contributed by atoms with E-state index in [0.717, 1.165) is 38.4 Å². The molecule has 3 heterocycles. The highest BCUT2D eigenvalue weighted by Gasteiger charge is 2.38. The Morgan fingerprint density at radius 1 is 1.12 bits per heavy atom. The van der Waals surface area contributed by atoms with Crippen molar-refractivity contribution in [2.24, 2.45) is 11.8 Å². The molecule has 0 spiro atoms. The van der Waals surface area contributed by atoms with Crippen LogP contribution >= 0.6 is 0 Å². The number of hydrogen-bond acceptors (Lipinski definition) is 6. The first-order valence-corrected chi connectivity index (χ1v) is 10.1. The van der Waals surface area contributed by atoms with E-state index in [2.05, 4.69) is 37.6 Å². The first-order chi connectivity index (χ1) is 15.2. The zero-order valence-corrected chi connectivity index (χ0v) is 17.2. The fraction of sp³-hybridized carbons (Fsp3) is 0.429. The van der Waals surface area contributed by atoms with Gasteiger partial charge in [0.1, 0.15) is 11.5 Å². The summed E-state index contributed by atoms with van der Waals surface area (Å²) in [4.78, 5) is 32.3. The van der Waals surface area contributed by atoms with Crippen molar-refractivity contribution in [1.82, 2.24) is 20.6 Å². The number of halogens is 3. The summed E-state index contributed by atoms with van der Waals surface area (Å²) in [7, 11) is 0. The van der Waals surface area contributed by atoms with Gasteiger partial charge in [-0.3, -0.25) is 9.78 Å². The number of amides is 1. The number of carbonyl (C=O) groups is 2. The average Bonchev–Trinajstić information content (AvgIpc) is 3.37. The van der Waals surface area contributed by atoms with Crippen LogP contribution in [0.4, 0.5) is 19.0 Å². The highest BCUT2D eigenvalue weighted by molar-refractivity contribution is 5.92. The van der Waals surface area contributed by atoms with Crippen LogP contribution in [0.3, 0.4) is 0 Å². The molecule has 2 aliphatic heterocycles. The number of carboxylic acids is 1. The number of carbonyl (C=O) groups excluding carboxylic acids is 1. The van der Waals surface area contributed by atoms with E-state index in [1.54, 1.807) is 12.4 Å². The van der Waals surface area contributed by atoms with Gasteiger partial charge in [0.2, 0.25) is 0 Å². The molecule has 8 nitrogen and oxygen atoms in total. The number of nitrogens with zero attached hydrogens (tertiary/aromatic N) is 3. The fourth-order valence-corrected chi connectivity index (χ4v) is 3.72. The van der Waals surface area contributed by atoms with E-state index in [0.29, 0.717) is 24.1 Å². The van der Waals surface area contributed by atoms with Crippen molar-refractivity contribution in [1.29, 1.82) is 0 Å². The lowest BCUT2D eigenvalue weighted by atomic mass is 10.0. The summed E-state index contributed by atoms with van der Waals surface area (Å²) < 4.78 is 31.7. The van der Waals surface area contributed by atoms with Crippen LogP contribution in [0.2, 0.25) is 0 Å². The summed E-state index contributed by atoms with van der Waals surface area (Å²) in [6.45, 7) is 4.73. The predicted molar refractivity (Wildman–Crippen MR) is 110 cm³/mol. The number of alkyl halides is 3. The number of hydrogen-bond donors (Lipinski definition) is 3. The monoisotopic (exact) mass is 451 g/mol. The molecule has 11 heteroatoms. The lowest BCUT2D eigenvalue weighted by Crippen LogP contribution is -2.29. The number of anilines is 1. The molecule has 2 aliphatic rings. The second-order valence-corrected chi connectivity index (χ2v) is 7.64. The van der Waals surface area contributed by atoms with Crippen LogP contribution in [0.25, 0.3) is 0 Å². The van der Waals surface area contributed by atoms with Gasteiger partial charge in [0.15, 0.2) is 0 Å². The Morgan fingerprint density at radius 2 is 1.75 bits per heavy atom. The first-order valence-electron chi connectivity index (χ1n) is 10.1. The van der Waals surface area contributed by atoms with Gasteiger partial charge in [0, 0.05) is 32.7 Å². The number of aromatic nitrogens is 2. The number of fused-ring (bicyclic) bond motifs is 1. The van der Waals surface area contributed by atoms with Gasteiger partial charge in [-0.05, 0) is 23.8 Å². The van der Waals surface area contributed by atoms with Gasteiger partial charge in [0.25, 0.3) is 5.91 Å². The molecule has 2 saturated heterocycles. The van der Waals surface area contributed by atoms with E-state index in [1.165, 1.54) is 5.56 Å². The highest BCUT2D eigenvalue weighted by Crippen LogP contribution is 2.29. The Morgan fingerprint density at radius 3 is 2.34 bits per heavy atom. The number of carboxylic acid groups (broad SMARTS) is 1. The van der Waals surface area contributed by atoms with Gasteiger partial charge < -0.3 is 20.6 Å². The van der Waals surface area contributed by atoms with Crippen LogP contribution in [-0.4, -0.2) is 65.9 Å². The Balaban J connectivity index is 0.000000360. The normalized spacial score (nSPS) is 19.7. The maximum absolute atomic E-state index is 12.4. The van der Waals surface area contributed by atoms with Crippen molar-refractivity contribution in [3.8, 4) is 0 Å². The van der Waals surface area contributed by atoms with E-state index in [-0.39, 0.29) is 5.91 Å². The molecule has 2 atom stereocenters. The fourth-order valence-electron chi connectivity index (χ4n) is 3.72. The van der Waals surface area contributed by atoms with Crippen LogP contribution < -0.4 is 15.5 Å². The topological polar surface area (TPSA) is 107 Å².